The summed E-state index contributed by atoms with van der Waals surface area (Å²) >= 11 is 1.25. The summed E-state index contributed by atoms with van der Waals surface area (Å²) in [4.78, 5) is 4.65. The number of nitrogens with zero attached hydrogens (tertiary/aromatic N) is 4. The predicted molar refractivity (Wildman–Crippen MR) is 123 cm³/mol. The molecule has 0 aliphatic heterocycles. The van der Waals surface area contributed by atoms with E-state index in [9.17, 15) is 13.2 Å². The molecule has 6 rings (SSSR count). The number of aryl methyl sites for hydroxylation is 2. The number of thiazole rings is 1. The van der Waals surface area contributed by atoms with Crippen molar-refractivity contribution in [2.24, 2.45) is 7.05 Å². The van der Waals surface area contributed by atoms with Gasteiger partial charge in [0, 0.05) is 0 Å². The van der Waals surface area contributed by atoms with E-state index in [1.54, 1.807) is 11.6 Å². The van der Waals surface area contributed by atoms with Crippen molar-refractivity contribution < 1.29 is 17.7 Å². The molecule has 0 radical (unpaired) electrons. The molecule has 1 aliphatic rings. The summed E-state index contributed by atoms with van der Waals surface area (Å²) in [5, 5.41) is 6.51. The summed E-state index contributed by atoms with van der Waals surface area (Å²) in [7, 11) is 1.70. The molecule has 8 heteroatoms. The fraction of sp³-hybridized carbons (Fsp3) is 0.320. The molecular formula is C25H22F3N4S+. The minimum Gasteiger partial charge on any atom is -0.206 e. The van der Waals surface area contributed by atoms with Crippen LogP contribution in [0, 0.1) is 6.92 Å². The normalized spacial score (nSPS) is 15.4. The Balaban J connectivity index is 1.74. The Labute approximate surface area is 192 Å². The molecule has 1 saturated carbocycles. The highest BCUT2D eigenvalue weighted by molar-refractivity contribution is 7.24. The van der Waals surface area contributed by atoms with Gasteiger partial charge in [-0.15, -0.1) is 0 Å². The monoisotopic (exact) mass is 467 g/mol. The van der Waals surface area contributed by atoms with Crippen LogP contribution in [0.2, 0.25) is 0 Å². The Hall–Kier alpha value is -3.00. The minimum absolute atomic E-state index is 0.0723. The van der Waals surface area contributed by atoms with Crippen molar-refractivity contribution in [3.8, 4) is 11.3 Å². The Bertz CT molecular complexity index is 1540. The number of pyridine rings is 1. The average molecular weight is 468 g/mol. The van der Waals surface area contributed by atoms with Crippen LogP contribution in [0.1, 0.15) is 48.3 Å². The molecule has 0 N–H and O–H groups in total. The smallest absolute Gasteiger partial charge is 0.206 e. The number of alkyl halides is 3. The number of fused-ring (bicyclic) bond motifs is 4. The average Bonchev–Trinajstić information content (AvgIpc) is 3.51. The third kappa shape index (κ3) is 3.07. The lowest BCUT2D eigenvalue weighted by atomic mass is 9.86. The third-order valence-electron chi connectivity index (χ3n) is 6.98. The fourth-order valence-corrected chi connectivity index (χ4v) is 6.61. The van der Waals surface area contributed by atoms with Crippen LogP contribution in [0.5, 0.6) is 0 Å². The molecule has 168 valence electrons. The molecule has 3 heterocycles. The van der Waals surface area contributed by atoms with Gasteiger partial charge >= 0.3 is 6.18 Å². The Kier molecular flexibility index (Phi) is 4.52. The quantitative estimate of drug-likeness (QED) is 0.275. The van der Waals surface area contributed by atoms with E-state index >= 15 is 0 Å². The summed E-state index contributed by atoms with van der Waals surface area (Å²) in [6.07, 6.45) is 2.73. The second-order valence-electron chi connectivity index (χ2n) is 8.90. The van der Waals surface area contributed by atoms with Gasteiger partial charge in [0.2, 0.25) is 10.7 Å². The SMILES string of the molecule is Cc1c(-c2c3sc4ncnn4c3c(C(F)(F)F)c[n+]2C)cc(C2CCCC2)c2ccccc12. The zero-order valence-corrected chi connectivity index (χ0v) is 19.1. The van der Waals surface area contributed by atoms with Gasteiger partial charge < -0.3 is 0 Å². The summed E-state index contributed by atoms with van der Waals surface area (Å²) in [6.45, 7) is 2.07. The topological polar surface area (TPSA) is 34.1 Å². The number of rotatable bonds is 2. The van der Waals surface area contributed by atoms with Crippen molar-refractivity contribution in [3.05, 3.63) is 59.5 Å². The van der Waals surface area contributed by atoms with Gasteiger partial charge in [0.25, 0.3) is 0 Å². The molecule has 0 atom stereocenters. The molecule has 0 amide bonds. The van der Waals surface area contributed by atoms with Crippen molar-refractivity contribution in [1.29, 1.82) is 0 Å². The van der Waals surface area contributed by atoms with Crippen LogP contribution in [0.4, 0.5) is 13.2 Å². The molecule has 1 fully saturated rings. The Morgan fingerprint density at radius 1 is 1.12 bits per heavy atom. The standard InChI is InChI=1S/C25H22F3N4S/c1-14-16-9-5-6-10-17(16)19(15-7-3-4-8-15)11-18(14)21-23-22(32-24(33-23)29-13-30-32)20(12-31(21)2)25(26,27)28/h5-6,9-13,15H,3-4,7-8H2,1-2H3/q+1. The first kappa shape index (κ1) is 20.6. The van der Waals surface area contributed by atoms with E-state index in [4.69, 9.17) is 0 Å². The summed E-state index contributed by atoms with van der Waals surface area (Å²) in [6, 6.07) is 10.6. The minimum atomic E-state index is -4.50. The lowest BCUT2D eigenvalue weighted by Gasteiger charge is -2.18. The predicted octanol–water partition coefficient (Wildman–Crippen LogP) is 6.57. The van der Waals surface area contributed by atoms with Gasteiger partial charge in [-0.3, -0.25) is 0 Å². The molecule has 33 heavy (non-hydrogen) atoms. The number of aromatic nitrogens is 4. The summed E-state index contributed by atoms with van der Waals surface area (Å²) in [5.41, 5.74) is 3.50. The first-order valence-corrected chi connectivity index (χ1v) is 11.9. The molecule has 4 nitrogen and oxygen atoms in total. The first-order chi connectivity index (χ1) is 15.8. The van der Waals surface area contributed by atoms with E-state index in [2.05, 4.69) is 41.3 Å². The van der Waals surface area contributed by atoms with E-state index in [0.29, 0.717) is 15.6 Å². The molecule has 0 bridgehead atoms. The summed E-state index contributed by atoms with van der Waals surface area (Å²) in [5.74, 6) is 0.479. The lowest BCUT2D eigenvalue weighted by Crippen LogP contribution is -2.33. The highest BCUT2D eigenvalue weighted by atomic mass is 32.1. The maximum absolute atomic E-state index is 14.0. The van der Waals surface area contributed by atoms with Crippen molar-refractivity contribution in [2.75, 3.05) is 0 Å². The second-order valence-corrected chi connectivity index (χ2v) is 9.88. The Morgan fingerprint density at radius 3 is 2.58 bits per heavy atom. The van der Waals surface area contributed by atoms with Crippen LogP contribution in [0.3, 0.4) is 0 Å². The summed E-state index contributed by atoms with van der Waals surface area (Å²) < 4.78 is 45.6. The van der Waals surface area contributed by atoms with Crippen LogP contribution in [-0.4, -0.2) is 14.6 Å². The molecule has 0 unspecified atom stereocenters. The Morgan fingerprint density at radius 2 is 1.85 bits per heavy atom. The van der Waals surface area contributed by atoms with Crippen molar-refractivity contribution in [1.82, 2.24) is 14.6 Å². The molecule has 3 aromatic heterocycles. The largest absolute Gasteiger partial charge is 0.424 e. The van der Waals surface area contributed by atoms with Gasteiger partial charge in [-0.05, 0) is 53.6 Å². The molecular weight excluding hydrogens is 445 g/mol. The first-order valence-electron chi connectivity index (χ1n) is 11.1. The van der Waals surface area contributed by atoms with Gasteiger partial charge in [-0.2, -0.15) is 22.8 Å². The van der Waals surface area contributed by atoms with E-state index < -0.39 is 11.7 Å². The zero-order valence-electron chi connectivity index (χ0n) is 18.3. The van der Waals surface area contributed by atoms with E-state index in [1.807, 2.05) is 6.07 Å². The zero-order chi connectivity index (χ0) is 22.9. The number of hydrogen-bond donors (Lipinski definition) is 0. The van der Waals surface area contributed by atoms with Crippen molar-refractivity contribution in [3.63, 3.8) is 0 Å². The number of hydrogen-bond acceptors (Lipinski definition) is 3. The maximum atomic E-state index is 14.0. The van der Waals surface area contributed by atoms with Crippen LogP contribution < -0.4 is 4.57 Å². The van der Waals surface area contributed by atoms with Crippen LogP contribution in [0.15, 0.2) is 42.9 Å². The van der Waals surface area contributed by atoms with E-state index in [-0.39, 0.29) is 5.52 Å². The molecule has 5 aromatic rings. The number of halogens is 3. The van der Waals surface area contributed by atoms with Crippen LogP contribution in [0.25, 0.3) is 37.2 Å². The van der Waals surface area contributed by atoms with Gasteiger partial charge in [-0.1, -0.05) is 48.4 Å². The van der Waals surface area contributed by atoms with Gasteiger partial charge in [0.1, 0.15) is 29.2 Å². The van der Waals surface area contributed by atoms with E-state index in [1.165, 1.54) is 52.2 Å². The second kappa shape index (κ2) is 7.25. The van der Waals surface area contributed by atoms with Crippen LogP contribution >= 0.6 is 11.3 Å². The molecule has 0 spiro atoms. The fourth-order valence-electron chi connectivity index (χ4n) is 5.45. The van der Waals surface area contributed by atoms with Crippen molar-refractivity contribution in [2.45, 2.75) is 44.7 Å². The molecule has 0 saturated heterocycles. The van der Waals surface area contributed by atoms with Crippen molar-refractivity contribution >= 4 is 37.3 Å². The third-order valence-corrected chi connectivity index (χ3v) is 8.04. The van der Waals surface area contributed by atoms with Gasteiger partial charge in [0.05, 0.1) is 5.56 Å². The molecule has 1 aliphatic carbocycles. The van der Waals surface area contributed by atoms with Gasteiger partial charge in [0.15, 0.2) is 6.20 Å². The maximum Gasteiger partial charge on any atom is 0.424 e. The lowest BCUT2D eigenvalue weighted by molar-refractivity contribution is -0.660. The highest BCUT2D eigenvalue weighted by Crippen LogP contribution is 2.44. The highest BCUT2D eigenvalue weighted by Gasteiger charge is 2.40. The molecule has 2 aromatic carbocycles. The van der Waals surface area contributed by atoms with Gasteiger partial charge in [-0.25, -0.2) is 9.50 Å². The number of benzene rings is 2. The van der Waals surface area contributed by atoms with Crippen LogP contribution in [-0.2, 0) is 13.2 Å². The van der Waals surface area contributed by atoms with E-state index in [0.717, 1.165) is 35.0 Å².